The van der Waals surface area contributed by atoms with Gasteiger partial charge in [0, 0.05) is 45.2 Å². The van der Waals surface area contributed by atoms with E-state index in [4.69, 9.17) is 9.47 Å². The predicted molar refractivity (Wildman–Crippen MR) is 189 cm³/mol. The second-order valence-corrected chi connectivity index (χ2v) is 12.3. The number of aromatic hydroxyl groups is 4. The van der Waals surface area contributed by atoms with Gasteiger partial charge in [-0.1, -0.05) is 24.3 Å². The molecule has 0 saturated carbocycles. The van der Waals surface area contributed by atoms with Crippen LogP contribution in [0.4, 0.5) is 0 Å². The maximum atomic E-state index is 10.7. The summed E-state index contributed by atoms with van der Waals surface area (Å²) in [5.41, 5.74) is 4.82. The molecule has 2 atom stereocenters. The molecule has 0 aliphatic heterocycles. The Labute approximate surface area is 299 Å². The van der Waals surface area contributed by atoms with Crippen molar-refractivity contribution in [3.8, 4) is 34.5 Å². The molecule has 0 aromatic heterocycles. The van der Waals surface area contributed by atoms with E-state index in [1.54, 1.807) is 48.5 Å². The third-order valence-corrected chi connectivity index (χ3v) is 9.33. The molecule has 0 bridgehead atoms. The Bertz CT molecular complexity index is 1670. The van der Waals surface area contributed by atoms with Crippen LogP contribution >= 0.6 is 0 Å². The highest BCUT2D eigenvalue weighted by Gasteiger charge is 2.26. The lowest BCUT2D eigenvalue weighted by Gasteiger charge is -2.25. The average Bonchev–Trinajstić information content (AvgIpc) is 3.17. The molecule has 0 radical (unpaired) electrons. The third kappa shape index (κ3) is 7.21. The Morgan fingerprint density at radius 2 is 0.596 bits per heavy atom. The number of hydrogen-bond donors (Lipinski definition) is 10. The van der Waals surface area contributed by atoms with Gasteiger partial charge in [-0.2, -0.15) is 0 Å². The fourth-order valence-corrected chi connectivity index (χ4v) is 6.69. The first-order valence-electron chi connectivity index (χ1n) is 16.3. The van der Waals surface area contributed by atoms with Gasteiger partial charge in [-0.05, 0) is 81.9 Å². The molecule has 12 heteroatoms. The normalized spacial score (nSPS) is 12.5. The molecular weight excluding hydrogens is 672 g/mol. The van der Waals surface area contributed by atoms with Crippen LogP contribution in [0.1, 0.15) is 78.6 Å². The zero-order valence-corrected chi connectivity index (χ0v) is 28.6. The van der Waals surface area contributed by atoms with E-state index in [1.807, 2.05) is 24.3 Å². The van der Waals surface area contributed by atoms with Crippen LogP contribution in [-0.2, 0) is 39.6 Å². The minimum Gasteiger partial charge on any atom is -0.507 e. The van der Waals surface area contributed by atoms with E-state index in [9.17, 15) is 51.1 Å². The van der Waals surface area contributed by atoms with Crippen LogP contribution in [0.25, 0.3) is 0 Å². The first-order valence-corrected chi connectivity index (χ1v) is 16.3. The number of rotatable bonds is 14. The van der Waals surface area contributed by atoms with Crippen molar-refractivity contribution in [1.82, 2.24) is 0 Å². The molecule has 5 aromatic rings. The molecular formula is C40H42O12. The Morgan fingerprint density at radius 3 is 0.827 bits per heavy atom. The Morgan fingerprint density at radius 1 is 0.365 bits per heavy atom. The first kappa shape index (κ1) is 37.9. The van der Waals surface area contributed by atoms with Gasteiger partial charge in [-0.3, -0.25) is 0 Å². The fraction of sp³-hybridized carbons (Fsp3) is 0.250. The second-order valence-electron chi connectivity index (χ2n) is 12.3. The monoisotopic (exact) mass is 714 g/mol. The minimum absolute atomic E-state index is 0.111. The Balaban J connectivity index is 1.77. The van der Waals surface area contributed by atoms with Gasteiger partial charge < -0.3 is 60.5 Å². The zero-order valence-electron chi connectivity index (χ0n) is 28.6. The van der Waals surface area contributed by atoms with Crippen LogP contribution in [0.3, 0.4) is 0 Å². The summed E-state index contributed by atoms with van der Waals surface area (Å²) >= 11 is 0. The summed E-state index contributed by atoms with van der Waals surface area (Å²) in [6, 6.07) is 20.2. The van der Waals surface area contributed by atoms with Crippen LogP contribution < -0.4 is 9.47 Å². The maximum absolute atomic E-state index is 10.7. The molecule has 10 N–H and O–H groups in total. The third-order valence-electron chi connectivity index (χ3n) is 9.33. The minimum atomic E-state index is -0.645. The van der Waals surface area contributed by atoms with Gasteiger partial charge >= 0.3 is 0 Å². The molecule has 5 aromatic carbocycles. The van der Waals surface area contributed by atoms with E-state index >= 15 is 0 Å². The zero-order chi connectivity index (χ0) is 37.7. The summed E-state index contributed by atoms with van der Waals surface area (Å²) in [7, 11) is 2.76. The highest BCUT2D eigenvalue weighted by molar-refractivity contribution is 5.58. The van der Waals surface area contributed by atoms with Crippen LogP contribution in [0.2, 0.25) is 0 Å². The van der Waals surface area contributed by atoms with Crippen molar-refractivity contribution >= 4 is 0 Å². The fourth-order valence-electron chi connectivity index (χ4n) is 6.69. The van der Waals surface area contributed by atoms with Crippen molar-refractivity contribution in [1.29, 1.82) is 0 Å². The van der Waals surface area contributed by atoms with Crippen LogP contribution in [-0.4, -0.2) is 65.3 Å². The van der Waals surface area contributed by atoms with Gasteiger partial charge in [0.05, 0.1) is 53.9 Å². The van der Waals surface area contributed by atoms with Gasteiger partial charge in [0.25, 0.3) is 0 Å². The van der Waals surface area contributed by atoms with Gasteiger partial charge in [0.15, 0.2) is 23.0 Å². The smallest absolute Gasteiger partial charge is 0.163 e. The Hall–Kier alpha value is -5.34. The first-order chi connectivity index (χ1) is 25.1. The number of ether oxygens (including phenoxy) is 2. The maximum Gasteiger partial charge on any atom is 0.163 e. The molecule has 2 unspecified atom stereocenters. The molecule has 52 heavy (non-hydrogen) atoms. The molecule has 0 aliphatic carbocycles. The molecule has 5 rings (SSSR count). The number of hydrogen-bond acceptors (Lipinski definition) is 12. The van der Waals surface area contributed by atoms with Crippen molar-refractivity contribution in [3.63, 3.8) is 0 Å². The van der Waals surface area contributed by atoms with Gasteiger partial charge in [-0.15, -0.1) is 0 Å². The van der Waals surface area contributed by atoms with Crippen molar-refractivity contribution in [2.45, 2.75) is 51.5 Å². The van der Waals surface area contributed by atoms with E-state index in [2.05, 4.69) is 0 Å². The molecule has 12 nitrogen and oxygen atoms in total. The summed E-state index contributed by atoms with van der Waals surface area (Å²) in [6.45, 7) is -3.02. The molecule has 0 fully saturated rings. The van der Waals surface area contributed by atoms with E-state index in [0.717, 1.165) is 0 Å². The lowest BCUT2D eigenvalue weighted by Crippen LogP contribution is -2.09. The van der Waals surface area contributed by atoms with Gasteiger partial charge in [0.2, 0.25) is 0 Å². The number of benzene rings is 5. The summed E-state index contributed by atoms with van der Waals surface area (Å²) in [6.07, 6.45) is 0. The van der Waals surface area contributed by atoms with Crippen LogP contribution in [0, 0.1) is 0 Å². The largest absolute Gasteiger partial charge is 0.507 e. The van der Waals surface area contributed by atoms with Gasteiger partial charge in [0.1, 0.15) is 11.5 Å². The lowest BCUT2D eigenvalue weighted by molar-refractivity contribution is 0.263. The standard InChI is InChI=1S/C40H42O12/c1-51-33-13-25(11-31(19-45)39(33)49)35(23-7-27(15-41)37(47)28(8-23)16-42)21-3-5-22(6-4-21)36(24-9-29(17-43)38(48)30(10-24)18-44)26-12-32(20-46)40(50)34(14-26)52-2/h3-14,35-36,41-50H,15-20H2,1-2H3. The lowest BCUT2D eigenvalue weighted by atomic mass is 9.80. The molecule has 0 amide bonds. The SMILES string of the molecule is COc1cc(C(c2ccc(C(c3cc(CO)c(O)c(CO)c3)c3cc(CO)c(O)c(OC)c3)cc2)c2cc(CO)c(O)c(CO)c2)cc(CO)c1O. The summed E-state index contributed by atoms with van der Waals surface area (Å²) in [4.78, 5) is 0. The van der Waals surface area contributed by atoms with E-state index < -0.39 is 51.5 Å². The van der Waals surface area contributed by atoms with Gasteiger partial charge in [-0.25, -0.2) is 0 Å². The molecule has 274 valence electrons. The highest BCUT2D eigenvalue weighted by atomic mass is 16.5. The molecule has 0 spiro atoms. The summed E-state index contributed by atoms with van der Waals surface area (Å²) in [5.74, 6) is -2.01. The second kappa shape index (κ2) is 16.3. The topological polar surface area (TPSA) is 221 Å². The summed E-state index contributed by atoms with van der Waals surface area (Å²) < 4.78 is 10.8. The van der Waals surface area contributed by atoms with E-state index in [1.165, 1.54) is 14.2 Å². The number of aliphatic hydroxyl groups is 6. The number of methoxy groups -OCH3 is 2. The molecule has 0 aliphatic rings. The van der Waals surface area contributed by atoms with Crippen molar-refractivity contribution < 1.29 is 60.5 Å². The Kier molecular flexibility index (Phi) is 11.9. The van der Waals surface area contributed by atoms with Crippen molar-refractivity contribution in [3.05, 3.63) is 140 Å². The van der Waals surface area contributed by atoms with E-state index in [-0.39, 0.29) is 67.9 Å². The van der Waals surface area contributed by atoms with E-state index in [0.29, 0.717) is 33.4 Å². The van der Waals surface area contributed by atoms with Crippen LogP contribution in [0.15, 0.2) is 72.8 Å². The number of phenols is 4. The number of aliphatic hydroxyl groups excluding tert-OH is 6. The molecule has 0 heterocycles. The average molecular weight is 715 g/mol. The summed E-state index contributed by atoms with van der Waals surface area (Å²) in [5, 5.41) is 103. The molecule has 0 saturated heterocycles. The quantitative estimate of drug-likeness (QED) is 0.0742. The van der Waals surface area contributed by atoms with Crippen LogP contribution in [0.5, 0.6) is 34.5 Å². The highest BCUT2D eigenvalue weighted by Crippen LogP contribution is 2.44. The van der Waals surface area contributed by atoms with Crippen molar-refractivity contribution in [2.24, 2.45) is 0 Å². The van der Waals surface area contributed by atoms with Crippen molar-refractivity contribution in [2.75, 3.05) is 14.2 Å². The predicted octanol–water partition coefficient (Wildman–Crippen LogP) is 3.84.